The maximum atomic E-state index is 6.54. The predicted molar refractivity (Wildman–Crippen MR) is 235 cm³/mol. The van der Waals surface area contributed by atoms with Crippen LogP contribution in [0, 0.1) is 0 Å². The van der Waals surface area contributed by atoms with E-state index in [4.69, 9.17) is 19.4 Å². The topological polar surface area (TPSA) is 51.8 Å². The third-order valence-corrected chi connectivity index (χ3v) is 11.0. The average Bonchev–Trinajstić information content (AvgIpc) is 3.68. The zero-order chi connectivity index (χ0) is 37.7. The highest BCUT2D eigenvalue weighted by atomic mass is 16.3. The predicted octanol–water partition coefficient (Wildman–Crippen LogP) is 14.1. The summed E-state index contributed by atoms with van der Waals surface area (Å²) in [6.07, 6.45) is 0. The van der Waals surface area contributed by atoms with E-state index in [0.29, 0.717) is 17.5 Å². The van der Waals surface area contributed by atoms with E-state index in [-0.39, 0.29) is 0 Å². The Morgan fingerprint density at radius 1 is 0.263 bits per heavy atom. The summed E-state index contributed by atoms with van der Waals surface area (Å²) in [5, 5.41) is 6.48. The fraction of sp³-hybridized carbons (Fsp3) is 0. The first-order chi connectivity index (χ1) is 28.3. The molecule has 11 rings (SSSR count). The van der Waals surface area contributed by atoms with E-state index in [1.807, 2.05) is 24.3 Å². The lowest BCUT2D eigenvalue weighted by Crippen LogP contribution is -2.01. The highest BCUT2D eigenvalue weighted by Gasteiger charge is 2.21. The maximum Gasteiger partial charge on any atom is 0.167 e. The third-order valence-electron chi connectivity index (χ3n) is 11.0. The Morgan fingerprint density at radius 2 is 0.684 bits per heavy atom. The summed E-state index contributed by atoms with van der Waals surface area (Å²) in [7, 11) is 0. The van der Waals surface area contributed by atoms with E-state index in [9.17, 15) is 0 Å². The van der Waals surface area contributed by atoms with Gasteiger partial charge >= 0.3 is 0 Å². The van der Waals surface area contributed by atoms with E-state index < -0.39 is 0 Å². The first-order valence-corrected chi connectivity index (χ1v) is 19.2. The summed E-state index contributed by atoms with van der Waals surface area (Å²) in [6, 6.07) is 69.9. The lowest BCUT2D eigenvalue weighted by atomic mass is 9.92. The third kappa shape index (κ3) is 5.66. The Bertz CT molecular complexity index is 3300. The lowest BCUT2D eigenvalue weighted by molar-refractivity contribution is 0.669. The van der Waals surface area contributed by atoms with Crippen LogP contribution in [0.4, 0.5) is 0 Å². The van der Waals surface area contributed by atoms with E-state index in [2.05, 4.69) is 176 Å². The number of fused-ring (bicyclic) bond motifs is 5. The number of hydrogen-bond acceptors (Lipinski definition) is 4. The molecule has 0 saturated heterocycles. The summed E-state index contributed by atoms with van der Waals surface area (Å²) in [5.74, 6) is 1.75. The Balaban J connectivity index is 1.14. The van der Waals surface area contributed by atoms with Crippen LogP contribution in [0.3, 0.4) is 0 Å². The molecule has 0 aliphatic heterocycles. The van der Waals surface area contributed by atoms with Crippen molar-refractivity contribution >= 4 is 43.5 Å². The number of benzene rings is 9. The van der Waals surface area contributed by atoms with Crippen LogP contribution in [0.2, 0.25) is 0 Å². The first-order valence-electron chi connectivity index (χ1n) is 19.2. The van der Waals surface area contributed by atoms with Crippen molar-refractivity contribution in [1.82, 2.24) is 15.0 Å². The van der Waals surface area contributed by atoms with Gasteiger partial charge in [0.2, 0.25) is 0 Å². The summed E-state index contributed by atoms with van der Waals surface area (Å²) >= 11 is 0. The number of rotatable bonds is 6. The van der Waals surface area contributed by atoms with E-state index in [1.54, 1.807) is 0 Å². The quantitative estimate of drug-likeness (QED) is 0.171. The van der Waals surface area contributed by atoms with Crippen molar-refractivity contribution in [3.05, 3.63) is 200 Å². The van der Waals surface area contributed by atoms with E-state index in [0.717, 1.165) is 82.4 Å². The van der Waals surface area contributed by atoms with Crippen molar-refractivity contribution in [2.45, 2.75) is 0 Å². The molecule has 4 heteroatoms. The van der Waals surface area contributed by atoms with Gasteiger partial charge in [-0.15, -0.1) is 0 Å². The molecule has 2 aromatic heterocycles. The molecule has 0 saturated carbocycles. The molecule has 0 N–H and O–H groups in total. The smallest absolute Gasteiger partial charge is 0.167 e. The van der Waals surface area contributed by atoms with Gasteiger partial charge in [-0.25, -0.2) is 15.0 Å². The lowest BCUT2D eigenvalue weighted by Gasteiger charge is -2.15. The fourth-order valence-corrected chi connectivity index (χ4v) is 8.27. The molecule has 0 radical (unpaired) electrons. The maximum absolute atomic E-state index is 6.54. The zero-order valence-corrected chi connectivity index (χ0v) is 30.8. The standard InChI is InChI=1S/C53H33N3O/c1-3-15-34(16-4-1)36-19-13-20-37(33-36)39-30-32-47(43-24-10-8-22-41(39)43)52-54-51(46-31-29-38(35-17-5-2-6-18-35)40-21-7-9-23-42(40)46)55-53(56-52)48-27-14-26-45-44-25-11-12-28-49(44)57-50(45)48/h1-33H. The average molecular weight is 728 g/mol. The molecule has 4 nitrogen and oxygen atoms in total. The van der Waals surface area contributed by atoms with Crippen molar-refractivity contribution in [3.63, 3.8) is 0 Å². The summed E-state index contributed by atoms with van der Waals surface area (Å²) in [4.78, 5) is 15.9. The van der Waals surface area contributed by atoms with Gasteiger partial charge in [-0.1, -0.05) is 170 Å². The number of hydrogen-bond donors (Lipinski definition) is 0. The molecular weight excluding hydrogens is 695 g/mol. The molecule has 0 unspecified atom stereocenters. The number of furan rings is 1. The van der Waals surface area contributed by atoms with Gasteiger partial charge < -0.3 is 4.42 Å². The molecule has 0 fully saturated rings. The van der Waals surface area contributed by atoms with Crippen LogP contribution >= 0.6 is 0 Å². The molecule has 9 aromatic carbocycles. The minimum atomic E-state index is 0.555. The Labute approximate surface area is 329 Å². The molecule has 0 atom stereocenters. The van der Waals surface area contributed by atoms with Crippen LogP contribution in [0.15, 0.2) is 205 Å². The summed E-state index contributed by atoms with van der Waals surface area (Å²) in [5.41, 5.74) is 11.3. The first kappa shape index (κ1) is 32.7. The second-order valence-corrected chi connectivity index (χ2v) is 14.3. The van der Waals surface area contributed by atoms with Gasteiger partial charge in [-0.2, -0.15) is 0 Å². The highest BCUT2D eigenvalue weighted by molar-refractivity contribution is 6.10. The molecule has 11 aromatic rings. The fourth-order valence-electron chi connectivity index (χ4n) is 8.27. The minimum Gasteiger partial charge on any atom is -0.455 e. The Morgan fingerprint density at radius 3 is 1.32 bits per heavy atom. The number of para-hydroxylation sites is 2. The van der Waals surface area contributed by atoms with Crippen molar-refractivity contribution in [3.8, 4) is 67.5 Å². The van der Waals surface area contributed by atoms with Gasteiger partial charge in [0.1, 0.15) is 11.2 Å². The largest absolute Gasteiger partial charge is 0.455 e. The normalized spacial score (nSPS) is 11.5. The molecule has 0 bridgehead atoms. The van der Waals surface area contributed by atoms with Crippen molar-refractivity contribution in [2.75, 3.05) is 0 Å². The SMILES string of the molecule is c1ccc(-c2cccc(-c3ccc(-c4nc(-c5ccc(-c6ccccc6)c6ccccc56)nc(-c5cccc6c5oc5ccccc56)n4)c4ccccc34)c2)cc1. The van der Waals surface area contributed by atoms with Crippen LogP contribution in [-0.4, -0.2) is 15.0 Å². The van der Waals surface area contributed by atoms with Gasteiger partial charge in [0, 0.05) is 21.9 Å². The Hall–Kier alpha value is -7.69. The minimum absolute atomic E-state index is 0.555. The highest BCUT2D eigenvalue weighted by Crippen LogP contribution is 2.40. The number of aromatic nitrogens is 3. The van der Waals surface area contributed by atoms with Gasteiger partial charge in [0.05, 0.1) is 5.56 Å². The second-order valence-electron chi connectivity index (χ2n) is 14.3. The van der Waals surface area contributed by atoms with Crippen LogP contribution in [0.5, 0.6) is 0 Å². The van der Waals surface area contributed by atoms with Crippen molar-refractivity contribution in [1.29, 1.82) is 0 Å². The monoisotopic (exact) mass is 727 g/mol. The van der Waals surface area contributed by atoms with Crippen LogP contribution in [-0.2, 0) is 0 Å². The Kier molecular flexibility index (Phi) is 7.78. The zero-order valence-electron chi connectivity index (χ0n) is 30.8. The van der Waals surface area contributed by atoms with Gasteiger partial charge in [-0.3, -0.25) is 0 Å². The molecule has 266 valence electrons. The van der Waals surface area contributed by atoms with E-state index in [1.165, 1.54) is 11.1 Å². The van der Waals surface area contributed by atoms with Gasteiger partial charge in [0.25, 0.3) is 0 Å². The van der Waals surface area contributed by atoms with Crippen molar-refractivity contribution < 1.29 is 4.42 Å². The summed E-state index contributed by atoms with van der Waals surface area (Å²) in [6.45, 7) is 0. The molecule has 2 heterocycles. The van der Waals surface area contributed by atoms with Crippen LogP contribution in [0.25, 0.3) is 111 Å². The van der Waals surface area contributed by atoms with Crippen molar-refractivity contribution in [2.24, 2.45) is 0 Å². The molecule has 57 heavy (non-hydrogen) atoms. The molecule has 0 aliphatic carbocycles. The summed E-state index contributed by atoms with van der Waals surface area (Å²) < 4.78 is 6.54. The van der Waals surface area contributed by atoms with Gasteiger partial charge in [-0.05, 0) is 85.3 Å². The van der Waals surface area contributed by atoms with Crippen LogP contribution in [0.1, 0.15) is 0 Å². The number of nitrogens with zero attached hydrogens (tertiary/aromatic N) is 3. The second kappa shape index (κ2) is 13.6. The molecule has 0 aliphatic rings. The van der Waals surface area contributed by atoms with E-state index >= 15 is 0 Å². The van der Waals surface area contributed by atoms with Gasteiger partial charge in [0.15, 0.2) is 17.5 Å². The molecular formula is C53H33N3O. The van der Waals surface area contributed by atoms with Crippen LogP contribution < -0.4 is 0 Å². The molecule has 0 spiro atoms. The molecule has 0 amide bonds.